The maximum atomic E-state index is 5.62. The summed E-state index contributed by atoms with van der Waals surface area (Å²) in [6.07, 6.45) is 2.73. The Hall–Kier alpha value is -1.32. The SMILES string of the molecule is CC1(C)CCN(c2cc(N)ncn2)C1. The van der Waals surface area contributed by atoms with Crippen LogP contribution in [0.2, 0.25) is 0 Å². The lowest BCUT2D eigenvalue weighted by Gasteiger charge is -2.20. The van der Waals surface area contributed by atoms with Gasteiger partial charge in [0.05, 0.1) is 0 Å². The normalized spacial score (nSPS) is 20.0. The maximum Gasteiger partial charge on any atom is 0.134 e. The topological polar surface area (TPSA) is 55.0 Å². The Morgan fingerprint density at radius 1 is 1.43 bits per heavy atom. The molecule has 0 spiro atoms. The average Bonchev–Trinajstić information content (AvgIpc) is 2.46. The highest BCUT2D eigenvalue weighted by molar-refractivity contribution is 5.46. The van der Waals surface area contributed by atoms with Crippen molar-refractivity contribution in [2.24, 2.45) is 5.41 Å². The summed E-state index contributed by atoms with van der Waals surface area (Å²) in [5.74, 6) is 1.49. The summed E-state index contributed by atoms with van der Waals surface area (Å²) in [6.45, 7) is 6.65. The summed E-state index contributed by atoms with van der Waals surface area (Å²) >= 11 is 0. The number of rotatable bonds is 1. The lowest BCUT2D eigenvalue weighted by molar-refractivity contribution is 0.418. The lowest BCUT2D eigenvalue weighted by Crippen LogP contribution is -2.23. The summed E-state index contributed by atoms with van der Waals surface area (Å²) in [4.78, 5) is 10.4. The third-order valence-corrected chi connectivity index (χ3v) is 2.68. The Bertz CT molecular complexity index is 335. The first-order chi connectivity index (χ1) is 6.57. The highest BCUT2D eigenvalue weighted by atomic mass is 15.2. The molecule has 0 radical (unpaired) electrons. The first-order valence-corrected chi connectivity index (χ1v) is 4.89. The van der Waals surface area contributed by atoms with Crippen LogP contribution in [0.15, 0.2) is 12.4 Å². The zero-order chi connectivity index (χ0) is 10.2. The summed E-state index contributed by atoms with van der Waals surface area (Å²) < 4.78 is 0. The molecule has 0 atom stereocenters. The third kappa shape index (κ3) is 1.78. The van der Waals surface area contributed by atoms with Crippen LogP contribution >= 0.6 is 0 Å². The van der Waals surface area contributed by atoms with E-state index in [4.69, 9.17) is 5.73 Å². The summed E-state index contributed by atoms with van der Waals surface area (Å²) in [5, 5.41) is 0. The van der Waals surface area contributed by atoms with E-state index in [2.05, 4.69) is 28.7 Å². The number of nitrogen functional groups attached to an aromatic ring is 1. The number of nitrogens with zero attached hydrogens (tertiary/aromatic N) is 3. The molecule has 0 unspecified atom stereocenters. The molecule has 2 heterocycles. The van der Waals surface area contributed by atoms with E-state index in [1.54, 1.807) is 0 Å². The van der Waals surface area contributed by atoms with Gasteiger partial charge in [-0.1, -0.05) is 13.8 Å². The molecule has 1 aromatic heterocycles. The first kappa shape index (κ1) is 9.24. The Balaban J connectivity index is 2.17. The molecular weight excluding hydrogens is 176 g/mol. The molecule has 0 amide bonds. The lowest BCUT2D eigenvalue weighted by atomic mass is 9.93. The fourth-order valence-electron chi connectivity index (χ4n) is 1.84. The number of nitrogens with two attached hydrogens (primary N) is 1. The molecule has 0 saturated carbocycles. The predicted octanol–water partition coefficient (Wildman–Crippen LogP) is 1.30. The van der Waals surface area contributed by atoms with Crippen molar-refractivity contribution in [3.63, 3.8) is 0 Å². The number of aromatic nitrogens is 2. The van der Waals surface area contributed by atoms with Crippen molar-refractivity contribution in [1.29, 1.82) is 0 Å². The van der Waals surface area contributed by atoms with E-state index >= 15 is 0 Å². The molecule has 0 aliphatic carbocycles. The van der Waals surface area contributed by atoms with Gasteiger partial charge in [0.25, 0.3) is 0 Å². The van der Waals surface area contributed by atoms with E-state index in [1.807, 2.05) is 6.07 Å². The van der Waals surface area contributed by atoms with Gasteiger partial charge < -0.3 is 10.6 Å². The smallest absolute Gasteiger partial charge is 0.134 e. The minimum absolute atomic E-state index is 0.389. The minimum atomic E-state index is 0.389. The van der Waals surface area contributed by atoms with Gasteiger partial charge in [0, 0.05) is 19.2 Å². The minimum Gasteiger partial charge on any atom is -0.384 e. The van der Waals surface area contributed by atoms with Crippen LogP contribution in [0.25, 0.3) is 0 Å². The van der Waals surface area contributed by atoms with Gasteiger partial charge in [-0.2, -0.15) is 0 Å². The average molecular weight is 192 g/mol. The van der Waals surface area contributed by atoms with Crippen LogP contribution in [0.3, 0.4) is 0 Å². The molecule has 1 aliphatic rings. The zero-order valence-electron chi connectivity index (χ0n) is 8.70. The van der Waals surface area contributed by atoms with Gasteiger partial charge >= 0.3 is 0 Å². The molecular formula is C10H16N4. The second kappa shape index (κ2) is 3.12. The molecule has 2 rings (SSSR count). The van der Waals surface area contributed by atoms with Gasteiger partial charge in [-0.3, -0.25) is 0 Å². The molecule has 1 aromatic rings. The third-order valence-electron chi connectivity index (χ3n) is 2.68. The number of anilines is 2. The maximum absolute atomic E-state index is 5.62. The van der Waals surface area contributed by atoms with Crippen molar-refractivity contribution in [2.45, 2.75) is 20.3 Å². The van der Waals surface area contributed by atoms with E-state index in [-0.39, 0.29) is 0 Å². The Morgan fingerprint density at radius 3 is 2.79 bits per heavy atom. The first-order valence-electron chi connectivity index (χ1n) is 4.89. The van der Waals surface area contributed by atoms with Gasteiger partial charge in [-0.05, 0) is 11.8 Å². The molecule has 1 saturated heterocycles. The Morgan fingerprint density at radius 2 is 2.21 bits per heavy atom. The summed E-state index contributed by atoms with van der Waals surface area (Å²) in [5.41, 5.74) is 6.00. The molecule has 4 heteroatoms. The van der Waals surface area contributed by atoms with Crippen LogP contribution in [-0.4, -0.2) is 23.1 Å². The fraction of sp³-hybridized carbons (Fsp3) is 0.600. The van der Waals surface area contributed by atoms with Gasteiger partial charge in [-0.25, -0.2) is 9.97 Å². The standard InChI is InChI=1S/C10H16N4/c1-10(2)3-4-14(6-10)9-5-8(11)12-7-13-9/h5,7H,3-4,6H2,1-2H3,(H2,11,12,13). The van der Waals surface area contributed by atoms with Crippen molar-refractivity contribution in [3.8, 4) is 0 Å². The zero-order valence-corrected chi connectivity index (χ0v) is 8.70. The van der Waals surface area contributed by atoms with Crippen LogP contribution in [-0.2, 0) is 0 Å². The predicted molar refractivity (Wildman–Crippen MR) is 57.1 cm³/mol. The van der Waals surface area contributed by atoms with Gasteiger partial charge in [0.2, 0.25) is 0 Å². The second-order valence-electron chi connectivity index (χ2n) is 4.64. The highest BCUT2D eigenvalue weighted by Gasteiger charge is 2.29. The quantitative estimate of drug-likeness (QED) is 0.728. The van der Waals surface area contributed by atoms with E-state index in [0.29, 0.717) is 11.2 Å². The summed E-state index contributed by atoms with van der Waals surface area (Å²) in [6, 6.07) is 1.83. The van der Waals surface area contributed by atoms with E-state index < -0.39 is 0 Å². The Kier molecular flexibility index (Phi) is 2.06. The molecule has 14 heavy (non-hydrogen) atoms. The van der Waals surface area contributed by atoms with Crippen LogP contribution < -0.4 is 10.6 Å². The van der Waals surface area contributed by atoms with E-state index in [0.717, 1.165) is 18.9 Å². The highest BCUT2D eigenvalue weighted by Crippen LogP contribution is 2.31. The van der Waals surface area contributed by atoms with Crippen molar-refractivity contribution in [3.05, 3.63) is 12.4 Å². The van der Waals surface area contributed by atoms with Crippen molar-refractivity contribution >= 4 is 11.6 Å². The van der Waals surface area contributed by atoms with Crippen molar-refractivity contribution < 1.29 is 0 Å². The van der Waals surface area contributed by atoms with E-state index in [1.165, 1.54) is 12.7 Å². The van der Waals surface area contributed by atoms with Gasteiger partial charge in [0.15, 0.2) is 0 Å². The largest absolute Gasteiger partial charge is 0.384 e. The molecule has 2 N–H and O–H groups in total. The summed E-state index contributed by atoms with van der Waals surface area (Å²) in [7, 11) is 0. The molecule has 4 nitrogen and oxygen atoms in total. The van der Waals surface area contributed by atoms with Crippen LogP contribution in [0.4, 0.5) is 11.6 Å². The van der Waals surface area contributed by atoms with Crippen LogP contribution in [0.1, 0.15) is 20.3 Å². The van der Waals surface area contributed by atoms with Gasteiger partial charge in [0.1, 0.15) is 18.0 Å². The fourth-order valence-corrected chi connectivity index (χ4v) is 1.84. The van der Waals surface area contributed by atoms with Crippen LogP contribution in [0, 0.1) is 5.41 Å². The molecule has 0 aromatic carbocycles. The monoisotopic (exact) mass is 192 g/mol. The molecule has 1 fully saturated rings. The van der Waals surface area contributed by atoms with Crippen molar-refractivity contribution in [2.75, 3.05) is 23.7 Å². The van der Waals surface area contributed by atoms with E-state index in [9.17, 15) is 0 Å². The van der Waals surface area contributed by atoms with Crippen LogP contribution in [0.5, 0.6) is 0 Å². The van der Waals surface area contributed by atoms with Gasteiger partial charge in [-0.15, -0.1) is 0 Å². The Labute approximate surface area is 84.2 Å². The molecule has 76 valence electrons. The number of hydrogen-bond donors (Lipinski definition) is 1. The second-order valence-corrected chi connectivity index (χ2v) is 4.64. The molecule has 1 aliphatic heterocycles. The number of hydrogen-bond acceptors (Lipinski definition) is 4. The molecule has 0 bridgehead atoms. The van der Waals surface area contributed by atoms with Crippen molar-refractivity contribution in [1.82, 2.24) is 9.97 Å².